The highest BCUT2D eigenvalue weighted by Crippen LogP contribution is 2.28. The standard InChI is InChI=1S/C22H24N4OS/c1-15-5-10-20-19(11-15)21(12-16(2)24-20)28-14-22(27)25-23-13-17-6-8-18(9-7-17)26(3)4/h5-13H,14H2,1-4H3,(H,25,27)/b23-13+. The van der Waals surface area contributed by atoms with Crippen LogP contribution >= 0.6 is 11.8 Å². The number of anilines is 1. The maximum Gasteiger partial charge on any atom is 0.250 e. The summed E-state index contributed by atoms with van der Waals surface area (Å²) in [5.41, 5.74) is 7.72. The van der Waals surface area contributed by atoms with E-state index in [2.05, 4.69) is 34.6 Å². The third kappa shape index (κ3) is 5.10. The van der Waals surface area contributed by atoms with Crippen molar-refractivity contribution in [3.05, 3.63) is 65.4 Å². The molecule has 6 heteroatoms. The lowest BCUT2D eigenvalue weighted by atomic mass is 10.1. The Morgan fingerprint density at radius 1 is 1.14 bits per heavy atom. The minimum absolute atomic E-state index is 0.138. The number of hydrogen-bond donors (Lipinski definition) is 1. The van der Waals surface area contributed by atoms with E-state index in [0.29, 0.717) is 5.75 Å². The van der Waals surface area contributed by atoms with Gasteiger partial charge in [-0.3, -0.25) is 9.78 Å². The highest BCUT2D eigenvalue weighted by atomic mass is 32.2. The molecule has 0 spiro atoms. The van der Waals surface area contributed by atoms with Gasteiger partial charge in [-0.1, -0.05) is 23.8 Å². The first-order valence-corrected chi connectivity index (χ1v) is 10.0. The summed E-state index contributed by atoms with van der Waals surface area (Å²) >= 11 is 1.50. The molecular weight excluding hydrogens is 368 g/mol. The first-order chi connectivity index (χ1) is 13.4. The van der Waals surface area contributed by atoms with Crippen molar-refractivity contribution in [3.63, 3.8) is 0 Å². The number of fused-ring (bicyclic) bond motifs is 1. The molecule has 144 valence electrons. The molecule has 1 aromatic heterocycles. The maximum absolute atomic E-state index is 12.2. The molecular formula is C22H24N4OS. The number of rotatable bonds is 6. The second kappa shape index (κ2) is 8.89. The third-order valence-electron chi connectivity index (χ3n) is 4.23. The average molecular weight is 393 g/mol. The Hall–Kier alpha value is -2.86. The molecule has 3 rings (SSSR count). The van der Waals surface area contributed by atoms with Crippen LogP contribution in [0.5, 0.6) is 0 Å². The topological polar surface area (TPSA) is 57.6 Å². The van der Waals surface area contributed by atoms with E-state index in [1.54, 1.807) is 6.21 Å². The van der Waals surface area contributed by atoms with Crippen LogP contribution in [0.4, 0.5) is 5.69 Å². The third-order valence-corrected chi connectivity index (χ3v) is 5.28. The van der Waals surface area contributed by atoms with E-state index in [4.69, 9.17) is 0 Å². The van der Waals surface area contributed by atoms with E-state index in [9.17, 15) is 4.79 Å². The molecule has 0 radical (unpaired) electrons. The Kier molecular flexibility index (Phi) is 6.31. The zero-order chi connectivity index (χ0) is 20.1. The largest absolute Gasteiger partial charge is 0.378 e. The highest BCUT2D eigenvalue weighted by molar-refractivity contribution is 8.00. The fraction of sp³-hybridized carbons (Fsp3) is 0.227. The van der Waals surface area contributed by atoms with Crippen LogP contribution < -0.4 is 10.3 Å². The van der Waals surface area contributed by atoms with Crippen molar-refractivity contribution >= 4 is 40.5 Å². The van der Waals surface area contributed by atoms with Gasteiger partial charge in [-0.2, -0.15) is 5.10 Å². The summed E-state index contributed by atoms with van der Waals surface area (Å²) in [7, 11) is 3.99. The lowest BCUT2D eigenvalue weighted by Crippen LogP contribution is -2.19. The van der Waals surface area contributed by atoms with Gasteiger partial charge in [-0.25, -0.2) is 5.43 Å². The summed E-state index contributed by atoms with van der Waals surface area (Å²) < 4.78 is 0. The van der Waals surface area contributed by atoms with Gasteiger partial charge in [0, 0.05) is 35.8 Å². The number of nitrogens with one attached hydrogen (secondary N) is 1. The summed E-state index contributed by atoms with van der Waals surface area (Å²) in [5, 5.41) is 5.14. The van der Waals surface area contributed by atoms with Crippen molar-refractivity contribution in [1.82, 2.24) is 10.4 Å². The predicted octanol–water partition coefficient (Wildman–Crippen LogP) is 4.16. The molecule has 0 saturated carbocycles. The van der Waals surface area contributed by atoms with E-state index in [0.717, 1.165) is 32.7 Å². The van der Waals surface area contributed by atoms with E-state index < -0.39 is 0 Å². The van der Waals surface area contributed by atoms with Gasteiger partial charge in [-0.15, -0.1) is 11.8 Å². The Morgan fingerprint density at radius 3 is 2.61 bits per heavy atom. The van der Waals surface area contributed by atoms with Gasteiger partial charge in [-0.05, 0) is 49.7 Å². The van der Waals surface area contributed by atoms with Gasteiger partial charge in [0.05, 0.1) is 17.5 Å². The number of pyridine rings is 1. The molecule has 0 aliphatic carbocycles. The minimum atomic E-state index is -0.138. The number of hydrogen-bond acceptors (Lipinski definition) is 5. The van der Waals surface area contributed by atoms with Crippen molar-refractivity contribution in [2.45, 2.75) is 18.7 Å². The predicted molar refractivity (Wildman–Crippen MR) is 118 cm³/mol. The average Bonchev–Trinajstić information content (AvgIpc) is 2.67. The van der Waals surface area contributed by atoms with Gasteiger partial charge >= 0.3 is 0 Å². The molecule has 0 fully saturated rings. The number of benzene rings is 2. The van der Waals surface area contributed by atoms with Crippen molar-refractivity contribution < 1.29 is 4.79 Å². The molecule has 1 N–H and O–H groups in total. The number of carbonyl (C=O) groups excluding carboxylic acids is 1. The van der Waals surface area contributed by atoms with Gasteiger partial charge in [0.25, 0.3) is 0 Å². The van der Waals surface area contributed by atoms with Gasteiger partial charge in [0.1, 0.15) is 0 Å². The smallest absolute Gasteiger partial charge is 0.250 e. The number of carbonyl (C=O) groups is 1. The molecule has 2 aromatic carbocycles. The van der Waals surface area contributed by atoms with Crippen molar-refractivity contribution in [2.24, 2.45) is 5.10 Å². The highest BCUT2D eigenvalue weighted by Gasteiger charge is 2.08. The molecule has 0 aliphatic heterocycles. The van der Waals surface area contributed by atoms with Crippen LogP contribution in [0.15, 0.2) is 58.5 Å². The van der Waals surface area contributed by atoms with Crippen molar-refractivity contribution in [1.29, 1.82) is 0 Å². The Balaban J connectivity index is 1.60. The fourth-order valence-electron chi connectivity index (χ4n) is 2.77. The second-order valence-electron chi connectivity index (χ2n) is 6.85. The van der Waals surface area contributed by atoms with E-state index in [1.807, 2.05) is 62.3 Å². The number of nitrogens with zero attached hydrogens (tertiary/aromatic N) is 3. The number of aromatic nitrogens is 1. The van der Waals surface area contributed by atoms with Gasteiger partial charge in [0.2, 0.25) is 5.91 Å². The van der Waals surface area contributed by atoms with Crippen LogP contribution in [0.1, 0.15) is 16.8 Å². The molecule has 5 nitrogen and oxygen atoms in total. The summed E-state index contributed by atoms with van der Waals surface area (Å²) in [6.45, 7) is 4.02. The summed E-state index contributed by atoms with van der Waals surface area (Å²) in [4.78, 5) is 19.8. The Morgan fingerprint density at radius 2 is 1.89 bits per heavy atom. The van der Waals surface area contributed by atoms with E-state index in [-0.39, 0.29) is 5.91 Å². The molecule has 0 aliphatic rings. The summed E-state index contributed by atoms with van der Waals surface area (Å²) in [5.74, 6) is 0.157. The quantitative estimate of drug-likeness (QED) is 0.389. The molecule has 3 aromatic rings. The molecule has 0 bridgehead atoms. The normalized spacial score (nSPS) is 11.1. The molecule has 28 heavy (non-hydrogen) atoms. The van der Waals surface area contributed by atoms with Crippen LogP contribution in [0.25, 0.3) is 10.9 Å². The van der Waals surface area contributed by atoms with Crippen LogP contribution in [0, 0.1) is 13.8 Å². The van der Waals surface area contributed by atoms with Gasteiger partial charge < -0.3 is 4.90 Å². The molecule has 1 heterocycles. The monoisotopic (exact) mass is 392 g/mol. The zero-order valence-corrected chi connectivity index (χ0v) is 17.4. The first-order valence-electron chi connectivity index (χ1n) is 9.02. The van der Waals surface area contributed by atoms with E-state index >= 15 is 0 Å². The van der Waals surface area contributed by atoms with Crippen LogP contribution in [-0.2, 0) is 4.79 Å². The maximum atomic E-state index is 12.2. The first kappa shape index (κ1) is 19.9. The van der Waals surface area contributed by atoms with E-state index in [1.165, 1.54) is 17.3 Å². The number of thioether (sulfide) groups is 1. The SMILES string of the molecule is Cc1ccc2nc(C)cc(SCC(=O)N/N=C/c3ccc(N(C)C)cc3)c2c1. The molecule has 0 unspecified atom stereocenters. The number of amides is 1. The molecule has 0 saturated heterocycles. The summed E-state index contributed by atoms with van der Waals surface area (Å²) in [6.07, 6.45) is 1.65. The lowest BCUT2D eigenvalue weighted by molar-refractivity contribution is -0.118. The van der Waals surface area contributed by atoms with Crippen LogP contribution in [-0.4, -0.2) is 37.0 Å². The van der Waals surface area contributed by atoms with Crippen molar-refractivity contribution in [3.8, 4) is 0 Å². The summed E-state index contributed by atoms with van der Waals surface area (Å²) in [6, 6.07) is 16.2. The van der Waals surface area contributed by atoms with Gasteiger partial charge in [0.15, 0.2) is 0 Å². The number of hydrazone groups is 1. The Labute approximate surface area is 169 Å². The van der Waals surface area contributed by atoms with Crippen molar-refractivity contribution in [2.75, 3.05) is 24.7 Å². The number of aryl methyl sites for hydroxylation is 2. The molecule has 0 atom stereocenters. The Bertz CT molecular complexity index is 1010. The minimum Gasteiger partial charge on any atom is -0.378 e. The second-order valence-corrected chi connectivity index (χ2v) is 7.87. The van der Waals surface area contributed by atoms with Crippen LogP contribution in [0.2, 0.25) is 0 Å². The fourth-order valence-corrected chi connectivity index (χ4v) is 3.69. The zero-order valence-electron chi connectivity index (χ0n) is 16.6. The lowest BCUT2D eigenvalue weighted by Gasteiger charge is -2.11. The molecule has 1 amide bonds. The van der Waals surface area contributed by atoms with Crippen LogP contribution in [0.3, 0.4) is 0 Å².